The lowest BCUT2D eigenvalue weighted by Gasteiger charge is -1.95. The molecule has 68 valence electrons. The molecule has 1 heterocycles. The van der Waals surface area contributed by atoms with Gasteiger partial charge in [0, 0.05) is 5.39 Å². The van der Waals surface area contributed by atoms with Gasteiger partial charge in [-0.2, -0.15) is 0 Å². The molecular formula is C11H13NO. The van der Waals surface area contributed by atoms with Crippen LogP contribution in [0.3, 0.4) is 0 Å². The standard InChI is InChI=1S/C11H13NO/c1-2-8-4-3-5-11-10(8)6-9(7-12)13-11/h3-6H,2,7,12H2,1H3. The zero-order valence-electron chi connectivity index (χ0n) is 7.71. The molecule has 2 aromatic rings. The van der Waals surface area contributed by atoms with Crippen LogP contribution in [0.15, 0.2) is 28.7 Å². The van der Waals surface area contributed by atoms with Crippen LogP contribution in [0.2, 0.25) is 0 Å². The molecule has 2 rings (SSSR count). The Labute approximate surface area is 77.3 Å². The molecule has 0 unspecified atom stereocenters. The van der Waals surface area contributed by atoms with Crippen LogP contribution in [0.1, 0.15) is 18.2 Å². The maximum atomic E-state index is 5.53. The van der Waals surface area contributed by atoms with E-state index in [0.717, 1.165) is 17.8 Å². The minimum Gasteiger partial charge on any atom is -0.460 e. The number of furan rings is 1. The summed E-state index contributed by atoms with van der Waals surface area (Å²) in [5, 5.41) is 1.20. The van der Waals surface area contributed by atoms with Gasteiger partial charge in [-0.05, 0) is 24.1 Å². The van der Waals surface area contributed by atoms with Gasteiger partial charge in [0.25, 0.3) is 0 Å². The molecule has 0 aliphatic heterocycles. The van der Waals surface area contributed by atoms with Gasteiger partial charge >= 0.3 is 0 Å². The molecule has 0 aliphatic carbocycles. The average Bonchev–Trinajstić information content (AvgIpc) is 2.59. The minimum absolute atomic E-state index is 0.470. The fraction of sp³-hybridized carbons (Fsp3) is 0.273. The number of fused-ring (bicyclic) bond motifs is 1. The molecule has 0 atom stereocenters. The number of nitrogens with two attached hydrogens (primary N) is 1. The van der Waals surface area contributed by atoms with Crippen molar-refractivity contribution in [2.24, 2.45) is 5.73 Å². The maximum absolute atomic E-state index is 5.53. The van der Waals surface area contributed by atoms with Crippen molar-refractivity contribution in [2.75, 3.05) is 0 Å². The van der Waals surface area contributed by atoms with E-state index in [-0.39, 0.29) is 0 Å². The zero-order chi connectivity index (χ0) is 9.26. The van der Waals surface area contributed by atoms with Crippen LogP contribution in [-0.4, -0.2) is 0 Å². The minimum atomic E-state index is 0.470. The first-order valence-electron chi connectivity index (χ1n) is 4.55. The normalized spacial score (nSPS) is 10.9. The first-order valence-corrected chi connectivity index (χ1v) is 4.55. The molecule has 13 heavy (non-hydrogen) atoms. The van der Waals surface area contributed by atoms with Gasteiger partial charge in [0.1, 0.15) is 11.3 Å². The maximum Gasteiger partial charge on any atom is 0.134 e. The van der Waals surface area contributed by atoms with Gasteiger partial charge in [0.05, 0.1) is 6.54 Å². The molecule has 0 aliphatic rings. The van der Waals surface area contributed by atoms with Crippen molar-refractivity contribution in [2.45, 2.75) is 19.9 Å². The number of hydrogen-bond acceptors (Lipinski definition) is 2. The van der Waals surface area contributed by atoms with Crippen LogP contribution in [0.5, 0.6) is 0 Å². The highest BCUT2D eigenvalue weighted by Crippen LogP contribution is 2.23. The van der Waals surface area contributed by atoms with Crippen molar-refractivity contribution in [3.8, 4) is 0 Å². The lowest BCUT2D eigenvalue weighted by Crippen LogP contribution is -1.92. The summed E-state index contributed by atoms with van der Waals surface area (Å²) >= 11 is 0. The zero-order valence-corrected chi connectivity index (χ0v) is 7.71. The van der Waals surface area contributed by atoms with E-state index >= 15 is 0 Å². The Morgan fingerprint density at radius 3 is 2.92 bits per heavy atom. The van der Waals surface area contributed by atoms with Crippen molar-refractivity contribution in [1.29, 1.82) is 0 Å². The topological polar surface area (TPSA) is 39.2 Å². The van der Waals surface area contributed by atoms with Crippen molar-refractivity contribution < 1.29 is 4.42 Å². The monoisotopic (exact) mass is 175 g/mol. The summed E-state index contributed by atoms with van der Waals surface area (Å²) in [6.07, 6.45) is 1.03. The lowest BCUT2D eigenvalue weighted by molar-refractivity contribution is 0.552. The largest absolute Gasteiger partial charge is 0.460 e. The highest BCUT2D eigenvalue weighted by atomic mass is 16.3. The molecular weight excluding hydrogens is 162 g/mol. The quantitative estimate of drug-likeness (QED) is 0.761. The number of benzene rings is 1. The summed E-state index contributed by atoms with van der Waals surface area (Å²) in [4.78, 5) is 0. The molecule has 1 aromatic heterocycles. The second-order valence-electron chi connectivity index (χ2n) is 3.10. The van der Waals surface area contributed by atoms with Crippen molar-refractivity contribution in [3.63, 3.8) is 0 Å². The van der Waals surface area contributed by atoms with Gasteiger partial charge in [-0.1, -0.05) is 19.1 Å². The lowest BCUT2D eigenvalue weighted by atomic mass is 10.1. The molecule has 0 saturated heterocycles. The molecule has 2 N–H and O–H groups in total. The van der Waals surface area contributed by atoms with Crippen molar-refractivity contribution >= 4 is 11.0 Å². The van der Waals surface area contributed by atoms with Gasteiger partial charge in [-0.3, -0.25) is 0 Å². The molecule has 0 saturated carbocycles. The van der Waals surface area contributed by atoms with E-state index in [1.54, 1.807) is 0 Å². The molecule has 1 aromatic carbocycles. The third-order valence-electron chi connectivity index (χ3n) is 2.28. The van der Waals surface area contributed by atoms with E-state index in [1.807, 2.05) is 18.2 Å². The highest BCUT2D eigenvalue weighted by molar-refractivity contribution is 5.81. The molecule has 0 spiro atoms. The summed E-state index contributed by atoms with van der Waals surface area (Å²) in [5.41, 5.74) is 7.78. The van der Waals surface area contributed by atoms with E-state index in [4.69, 9.17) is 10.2 Å². The van der Waals surface area contributed by atoms with Crippen molar-refractivity contribution in [1.82, 2.24) is 0 Å². The van der Waals surface area contributed by atoms with Crippen LogP contribution >= 0.6 is 0 Å². The van der Waals surface area contributed by atoms with E-state index < -0.39 is 0 Å². The van der Waals surface area contributed by atoms with E-state index in [9.17, 15) is 0 Å². The number of rotatable bonds is 2. The second-order valence-corrected chi connectivity index (χ2v) is 3.10. The molecule has 2 nitrogen and oxygen atoms in total. The fourth-order valence-electron chi connectivity index (χ4n) is 1.58. The van der Waals surface area contributed by atoms with E-state index in [2.05, 4.69) is 13.0 Å². The Hall–Kier alpha value is -1.28. The summed E-state index contributed by atoms with van der Waals surface area (Å²) in [7, 11) is 0. The smallest absolute Gasteiger partial charge is 0.134 e. The van der Waals surface area contributed by atoms with Crippen LogP contribution in [0.4, 0.5) is 0 Å². The summed E-state index contributed by atoms with van der Waals surface area (Å²) in [6.45, 7) is 2.61. The highest BCUT2D eigenvalue weighted by Gasteiger charge is 2.04. The first-order chi connectivity index (χ1) is 6.35. The van der Waals surface area contributed by atoms with Crippen LogP contribution in [0, 0.1) is 0 Å². The Morgan fingerprint density at radius 1 is 1.38 bits per heavy atom. The first kappa shape index (κ1) is 8.32. The molecule has 0 bridgehead atoms. The Kier molecular flexibility index (Phi) is 2.07. The Balaban J connectivity index is 2.67. The number of aryl methyl sites for hydroxylation is 1. The van der Waals surface area contributed by atoms with Crippen LogP contribution < -0.4 is 5.73 Å². The Morgan fingerprint density at radius 2 is 2.23 bits per heavy atom. The average molecular weight is 175 g/mol. The van der Waals surface area contributed by atoms with Crippen molar-refractivity contribution in [3.05, 3.63) is 35.6 Å². The SMILES string of the molecule is CCc1cccc2oc(CN)cc12. The third kappa shape index (κ3) is 1.33. The summed E-state index contributed by atoms with van der Waals surface area (Å²) in [6, 6.07) is 8.16. The predicted octanol–water partition coefficient (Wildman–Crippen LogP) is 2.45. The Bertz CT molecular complexity index is 417. The molecule has 2 heteroatoms. The van der Waals surface area contributed by atoms with Gasteiger partial charge < -0.3 is 10.2 Å². The summed E-state index contributed by atoms with van der Waals surface area (Å²) in [5.74, 6) is 0.857. The van der Waals surface area contributed by atoms with Gasteiger partial charge in [0.15, 0.2) is 0 Å². The van der Waals surface area contributed by atoms with Crippen LogP contribution in [0.25, 0.3) is 11.0 Å². The van der Waals surface area contributed by atoms with Gasteiger partial charge in [-0.25, -0.2) is 0 Å². The predicted molar refractivity (Wildman–Crippen MR) is 53.5 cm³/mol. The van der Waals surface area contributed by atoms with Crippen LogP contribution in [-0.2, 0) is 13.0 Å². The molecule has 0 fully saturated rings. The number of hydrogen-bond donors (Lipinski definition) is 1. The summed E-state index contributed by atoms with van der Waals surface area (Å²) < 4.78 is 5.53. The fourth-order valence-corrected chi connectivity index (χ4v) is 1.58. The molecule has 0 radical (unpaired) electrons. The van der Waals surface area contributed by atoms with E-state index in [1.165, 1.54) is 10.9 Å². The van der Waals surface area contributed by atoms with E-state index in [0.29, 0.717) is 6.54 Å². The van der Waals surface area contributed by atoms with Gasteiger partial charge in [0.2, 0.25) is 0 Å². The third-order valence-corrected chi connectivity index (χ3v) is 2.28. The second kappa shape index (κ2) is 3.23. The molecule has 0 amide bonds. The van der Waals surface area contributed by atoms with Gasteiger partial charge in [-0.15, -0.1) is 0 Å².